The third-order valence-corrected chi connectivity index (χ3v) is 19.3. The lowest BCUT2D eigenvalue weighted by Gasteiger charge is -2.21. The molecule has 17 nitrogen and oxygen atoms in total. The van der Waals surface area contributed by atoms with Crippen molar-refractivity contribution in [1.82, 2.24) is 0 Å². The van der Waals surface area contributed by atoms with Crippen LogP contribution in [0.25, 0.3) is 0 Å². The molecule has 0 bridgehead atoms. The van der Waals surface area contributed by atoms with Gasteiger partial charge in [0.25, 0.3) is 0 Å². The second-order valence-corrected chi connectivity index (χ2v) is 29.7. The smallest absolute Gasteiger partial charge is 0.462 e. The molecule has 0 heterocycles. The Kier molecular flexibility index (Phi) is 59.4. The van der Waals surface area contributed by atoms with Gasteiger partial charge in [0, 0.05) is 25.7 Å². The number of phosphoric acid groups is 2. The normalized spacial score (nSPS) is 15.2. The lowest BCUT2D eigenvalue weighted by Crippen LogP contribution is -2.30. The number of ether oxygens (including phenoxy) is 4. The average Bonchev–Trinajstić information content (AvgIpc) is 3.04. The van der Waals surface area contributed by atoms with Crippen molar-refractivity contribution < 1.29 is 80.2 Å². The third kappa shape index (κ3) is 61.0. The van der Waals surface area contributed by atoms with Crippen LogP contribution in [0.3, 0.4) is 0 Å². The van der Waals surface area contributed by atoms with E-state index in [1.165, 1.54) is 148 Å². The predicted molar refractivity (Wildman–Crippen MR) is 363 cm³/mol. The molecule has 3 N–H and O–H groups in total. The Balaban J connectivity index is 5.22. The number of hydrogen-bond acceptors (Lipinski definition) is 15. The molecular weight excluding hydrogens is 1190 g/mol. The van der Waals surface area contributed by atoms with Gasteiger partial charge < -0.3 is 33.8 Å². The molecule has 0 spiro atoms. The summed E-state index contributed by atoms with van der Waals surface area (Å²) in [6.07, 6.45) is 43.1. The highest BCUT2D eigenvalue weighted by atomic mass is 31.2. The molecule has 0 fully saturated rings. The number of carbonyl (C=O) groups is 4. The lowest BCUT2D eigenvalue weighted by molar-refractivity contribution is -0.161. The fourth-order valence-corrected chi connectivity index (χ4v) is 12.1. The van der Waals surface area contributed by atoms with Gasteiger partial charge in [0.2, 0.25) is 0 Å². The second kappa shape index (κ2) is 60.7. The summed E-state index contributed by atoms with van der Waals surface area (Å²) in [5.74, 6) is 0.905. The fraction of sp³-hybridized carbons (Fsp3) is 0.944. The Morgan fingerprint density at radius 3 is 0.789 bits per heavy atom. The molecule has 0 aliphatic rings. The number of phosphoric ester groups is 2. The van der Waals surface area contributed by atoms with Gasteiger partial charge in [0.1, 0.15) is 19.3 Å². The van der Waals surface area contributed by atoms with Gasteiger partial charge in [-0.2, -0.15) is 0 Å². The zero-order valence-electron chi connectivity index (χ0n) is 58.8. The molecule has 0 aliphatic carbocycles. The lowest BCUT2D eigenvalue weighted by atomic mass is 9.99. The van der Waals surface area contributed by atoms with Crippen LogP contribution >= 0.6 is 15.6 Å². The van der Waals surface area contributed by atoms with Crippen LogP contribution < -0.4 is 0 Å². The molecule has 0 aliphatic heterocycles. The van der Waals surface area contributed by atoms with E-state index >= 15 is 0 Å². The molecule has 0 amide bonds. The van der Waals surface area contributed by atoms with Gasteiger partial charge in [0.05, 0.1) is 26.4 Å². The van der Waals surface area contributed by atoms with E-state index in [2.05, 4.69) is 55.4 Å². The molecular formula is C71H138O17P2. The summed E-state index contributed by atoms with van der Waals surface area (Å²) in [5, 5.41) is 10.6. The molecule has 0 saturated carbocycles. The van der Waals surface area contributed by atoms with Crippen molar-refractivity contribution in [1.29, 1.82) is 0 Å². The summed E-state index contributed by atoms with van der Waals surface area (Å²) in [6.45, 7) is 14.1. The standard InChI is InChI=1S/C71H138O17P2/c1-9-62(6)48-40-32-24-20-16-14-12-13-15-17-21-25-35-43-51-68(73)81-57-66(87-70(75)53-45-37-26-22-18-19-23-31-39-47-61(4)5)59-85-89(77,78)83-55-65(72)56-84-90(79,80)86-60-67(88-71(76)54-46-38-30-28-34-42-50-64(8)11-3)58-82-69(74)52-44-36-29-27-33-41-49-63(7)10-2/h61-67,72H,9-60H2,1-8H3,(H,77,78)(H,79,80)/t62?,63?,64?,65-,66-,67-/m1/s1. The van der Waals surface area contributed by atoms with Crippen molar-refractivity contribution in [3.63, 3.8) is 0 Å². The summed E-state index contributed by atoms with van der Waals surface area (Å²) in [5.41, 5.74) is 0. The maximum Gasteiger partial charge on any atom is 0.472 e. The quantitative estimate of drug-likeness (QED) is 0.0222. The summed E-state index contributed by atoms with van der Waals surface area (Å²) in [6, 6.07) is 0. The maximum atomic E-state index is 13.0. The van der Waals surface area contributed by atoms with E-state index in [0.29, 0.717) is 25.7 Å². The Morgan fingerprint density at radius 1 is 0.311 bits per heavy atom. The Labute approximate surface area is 549 Å². The molecule has 8 atom stereocenters. The predicted octanol–water partition coefficient (Wildman–Crippen LogP) is 20.1. The largest absolute Gasteiger partial charge is 0.472 e. The minimum absolute atomic E-state index is 0.102. The molecule has 0 aromatic rings. The van der Waals surface area contributed by atoms with E-state index in [4.69, 9.17) is 37.0 Å². The molecule has 0 aromatic carbocycles. The van der Waals surface area contributed by atoms with Crippen molar-refractivity contribution in [3.05, 3.63) is 0 Å². The zero-order valence-corrected chi connectivity index (χ0v) is 60.6. The van der Waals surface area contributed by atoms with Gasteiger partial charge in [-0.25, -0.2) is 9.13 Å². The van der Waals surface area contributed by atoms with Gasteiger partial charge in [0.15, 0.2) is 12.2 Å². The zero-order chi connectivity index (χ0) is 66.8. The first-order chi connectivity index (χ1) is 43.2. The number of aliphatic hydroxyl groups excluding tert-OH is 1. The number of rotatable bonds is 68. The molecule has 0 aromatic heterocycles. The minimum atomic E-state index is -4.95. The summed E-state index contributed by atoms with van der Waals surface area (Å²) in [7, 11) is -9.90. The first-order valence-corrected chi connectivity index (χ1v) is 39.8. The van der Waals surface area contributed by atoms with Gasteiger partial charge in [-0.05, 0) is 49.4 Å². The van der Waals surface area contributed by atoms with E-state index in [1.54, 1.807) is 0 Å². The van der Waals surface area contributed by atoms with Crippen molar-refractivity contribution in [2.45, 2.75) is 369 Å². The first-order valence-electron chi connectivity index (χ1n) is 36.8. The highest BCUT2D eigenvalue weighted by Crippen LogP contribution is 2.45. The van der Waals surface area contributed by atoms with Gasteiger partial charge in [-0.3, -0.25) is 37.3 Å². The molecule has 0 radical (unpaired) electrons. The monoisotopic (exact) mass is 1320 g/mol. The molecule has 534 valence electrons. The highest BCUT2D eigenvalue weighted by Gasteiger charge is 2.30. The van der Waals surface area contributed by atoms with Crippen LogP contribution in [0.4, 0.5) is 0 Å². The highest BCUT2D eigenvalue weighted by molar-refractivity contribution is 7.47. The maximum absolute atomic E-state index is 13.0. The fourth-order valence-electron chi connectivity index (χ4n) is 10.6. The number of esters is 4. The van der Waals surface area contributed by atoms with E-state index in [0.717, 1.165) is 120 Å². The van der Waals surface area contributed by atoms with Crippen LogP contribution in [0.15, 0.2) is 0 Å². The van der Waals surface area contributed by atoms with Gasteiger partial charge in [-0.15, -0.1) is 0 Å². The third-order valence-electron chi connectivity index (χ3n) is 17.4. The minimum Gasteiger partial charge on any atom is -0.462 e. The molecule has 0 saturated heterocycles. The van der Waals surface area contributed by atoms with Crippen LogP contribution in [0.1, 0.15) is 351 Å². The SMILES string of the molecule is CCC(C)CCCCCCCCCCCCCCCCC(=O)OC[C@H](COP(=O)(O)OC[C@@H](O)COP(=O)(O)OC[C@@H](COC(=O)CCCCCCCCC(C)CC)OC(=O)CCCCCCCCC(C)CC)OC(=O)CCCCCCCCCCCC(C)C. The molecule has 19 heteroatoms. The van der Waals surface area contributed by atoms with Crippen molar-refractivity contribution in [3.8, 4) is 0 Å². The number of unbranched alkanes of at least 4 members (excludes halogenated alkanes) is 31. The van der Waals surface area contributed by atoms with Crippen molar-refractivity contribution in [2.75, 3.05) is 39.6 Å². The van der Waals surface area contributed by atoms with Crippen LogP contribution in [0.2, 0.25) is 0 Å². The number of carbonyl (C=O) groups excluding carboxylic acids is 4. The topological polar surface area (TPSA) is 237 Å². The van der Waals surface area contributed by atoms with E-state index < -0.39 is 97.5 Å². The van der Waals surface area contributed by atoms with Crippen LogP contribution in [0, 0.1) is 23.7 Å². The van der Waals surface area contributed by atoms with Gasteiger partial charge >= 0.3 is 39.5 Å². The Bertz CT molecular complexity index is 1790. The second-order valence-electron chi connectivity index (χ2n) is 26.8. The molecule has 0 rings (SSSR count). The average molecular weight is 1330 g/mol. The summed E-state index contributed by atoms with van der Waals surface area (Å²) >= 11 is 0. The number of aliphatic hydroxyl groups is 1. The van der Waals surface area contributed by atoms with E-state index in [1.807, 2.05) is 0 Å². The summed E-state index contributed by atoms with van der Waals surface area (Å²) in [4.78, 5) is 72.5. The van der Waals surface area contributed by atoms with Crippen LogP contribution in [0.5, 0.6) is 0 Å². The van der Waals surface area contributed by atoms with Crippen LogP contribution in [-0.4, -0.2) is 96.7 Å². The number of hydrogen-bond donors (Lipinski definition) is 3. The van der Waals surface area contributed by atoms with Gasteiger partial charge in [-0.1, -0.05) is 299 Å². The van der Waals surface area contributed by atoms with E-state index in [-0.39, 0.29) is 25.7 Å². The first kappa shape index (κ1) is 88.1. The Morgan fingerprint density at radius 2 is 0.533 bits per heavy atom. The Hall–Kier alpha value is -1.94. The van der Waals surface area contributed by atoms with Crippen molar-refractivity contribution >= 4 is 39.5 Å². The molecule has 5 unspecified atom stereocenters. The van der Waals surface area contributed by atoms with E-state index in [9.17, 15) is 43.2 Å². The summed E-state index contributed by atoms with van der Waals surface area (Å²) < 4.78 is 68.3. The van der Waals surface area contributed by atoms with Crippen molar-refractivity contribution in [2.24, 2.45) is 23.7 Å². The molecule has 90 heavy (non-hydrogen) atoms. The van der Waals surface area contributed by atoms with Crippen LogP contribution in [-0.2, 0) is 65.4 Å².